The van der Waals surface area contributed by atoms with Crippen molar-refractivity contribution in [2.45, 2.75) is 386 Å². The van der Waals surface area contributed by atoms with E-state index >= 15 is 0 Å². The lowest BCUT2D eigenvalue weighted by atomic mass is 9.93. The molecule has 0 bridgehead atoms. The second-order valence-electron chi connectivity index (χ2n) is 35.3. The molecule has 139 heavy (non-hydrogen) atoms. The maximum atomic E-state index is 13.4. The molecular weight excluding hydrogens is 1900 g/mol. The normalized spacial score (nSPS) is 48.3. The summed E-state index contributed by atoms with van der Waals surface area (Å²) in [6.45, 7) is -4.80. The molecule has 6 amide bonds. The topological polar surface area (TPSA) is 935 Å². The lowest BCUT2D eigenvalue weighted by molar-refractivity contribution is -0.406. The van der Waals surface area contributed by atoms with Gasteiger partial charge in [-0.1, -0.05) is 0 Å². The van der Waals surface area contributed by atoms with E-state index in [1.54, 1.807) is 0 Å². The largest absolute Gasteiger partial charge is 0.394 e. The van der Waals surface area contributed by atoms with Crippen LogP contribution < -0.4 is 31.9 Å². The fourth-order valence-electron chi connectivity index (χ4n) is 18.1. The minimum atomic E-state index is -2.74. The van der Waals surface area contributed by atoms with Gasteiger partial charge in [0.15, 0.2) is 69.2 Å². The Balaban J connectivity index is 0.983. The molecule has 11 fully saturated rings. The van der Waals surface area contributed by atoms with Crippen LogP contribution in [0.2, 0.25) is 0 Å². The Morgan fingerprint density at radius 2 is 0.446 bits per heavy atom. The van der Waals surface area contributed by atoms with Gasteiger partial charge in [0.1, 0.15) is 262 Å². The van der Waals surface area contributed by atoms with Crippen LogP contribution >= 0.6 is 0 Å². The minimum Gasteiger partial charge on any atom is -0.394 e. The van der Waals surface area contributed by atoms with E-state index in [9.17, 15) is 172 Å². The van der Waals surface area contributed by atoms with Gasteiger partial charge in [0, 0.05) is 41.5 Å². The number of nitrogens with one attached hydrogen (secondary N) is 6. The van der Waals surface area contributed by atoms with E-state index in [-0.39, 0.29) is 0 Å². The predicted octanol–water partition coefficient (Wildman–Crippen LogP) is -23.1. The number of ether oxygens (including phenoxy) is 21. The molecule has 0 aromatic heterocycles. The maximum absolute atomic E-state index is 13.4. The smallest absolute Gasteiger partial charge is 0.217 e. The van der Waals surface area contributed by atoms with Gasteiger partial charge in [-0.2, -0.15) is 0 Å². The highest BCUT2D eigenvalue weighted by molar-refractivity contribution is 5.75. The number of carbonyl (C=O) groups excluding carboxylic acids is 6. The molecule has 11 heterocycles. The summed E-state index contributed by atoms with van der Waals surface area (Å²) in [6, 6.07) is -11.4. The van der Waals surface area contributed by atoms with E-state index in [0.29, 0.717) is 0 Å². The lowest BCUT2D eigenvalue weighted by Gasteiger charge is -2.52. The van der Waals surface area contributed by atoms with Gasteiger partial charge >= 0.3 is 0 Å². The molecule has 0 unspecified atom stereocenters. The van der Waals surface area contributed by atoms with E-state index in [1.807, 2.05) is 0 Å². The molecule has 61 heteroatoms. The number of amides is 6. The van der Waals surface area contributed by atoms with Crippen molar-refractivity contribution in [3.63, 3.8) is 0 Å². The quantitative estimate of drug-likeness (QED) is 0.0277. The molecule has 61 nitrogen and oxygen atoms in total. The number of hydrogen-bond donors (Lipinski definition) is 34. The van der Waals surface area contributed by atoms with Gasteiger partial charge in [0.2, 0.25) is 35.4 Å². The molecule has 0 spiro atoms. The standard InChI is InChI=1S/C78H130N6O55/c1-18-41(99)54(112)57(115)74(121-18)139-66-55(113)45(103)28(11-88)126-77(66)135-62-31(14-91)128-73(40(53(62)111)84-24(7)98)133-63-32(15-92)129-78(67(58(63)116)138-71-38(82-22(5)96)50(108)44(102)27(10-87)125-71)136-64-47(105)34(130-75(59(64)117)134-61-30(13-90)127-72(39(52(61)110)83-23(6)97)132-60-29(12-89)122-68(118)35(51(60)109)79-19(2)93)17-120-76-65(137-70-37(81-21(4)95)49(107)43(101)26(9-86)124-70)56(114)46(104)33(131-76)16-119-69-36(80-20(3)94)48(106)42(100)25(8-85)123-69/h18,25-78,85-92,99-118H,8-17H2,1-7H3,(H,79,93)(H,80,94)(H,81,95)(H,82,96)(H,83,97)(H,84,98)/t18-,25+,26+,27+,28+,29+,30+,31+,32+,33+,34+,35+,36+,37+,38-,39+,40+,41+,42+,43+,44+,45-,46+,47+,48+,49+,50+,51+,52+,53+,54+,55-,56-,57-,58-,59-,60+,61+,62+,63+,64-,65-,66+,67-,68+,69+,70-,71-,72-,73-,74-,75-,76-,77-,78+/m0/s1. The molecule has 11 rings (SSSR count). The number of hydrogen-bond acceptors (Lipinski definition) is 55. The van der Waals surface area contributed by atoms with Crippen molar-refractivity contribution in [2.75, 3.05) is 66.1 Å². The van der Waals surface area contributed by atoms with Crippen molar-refractivity contribution >= 4 is 35.4 Å². The lowest BCUT2D eigenvalue weighted by Crippen LogP contribution is -2.71. The molecule has 55 atom stereocenters. The number of rotatable bonds is 36. The fourth-order valence-corrected chi connectivity index (χ4v) is 18.1. The van der Waals surface area contributed by atoms with E-state index in [0.717, 1.165) is 41.5 Å². The third-order valence-corrected chi connectivity index (χ3v) is 25.3. The van der Waals surface area contributed by atoms with Crippen LogP contribution in [-0.4, -0.2) is 582 Å². The van der Waals surface area contributed by atoms with E-state index < -0.39 is 439 Å². The summed E-state index contributed by atoms with van der Waals surface area (Å²) in [5.41, 5.74) is 0. The zero-order valence-corrected chi connectivity index (χ0v) is 75.4. The average Bonchev–Trinajstić information content (AvgIpc) is 0.752. The summed E-state index contributed by atoms with van der Waals surface area (Å²) in [7, 11) is 0. The highest BCUT2D eigenvalue weighted by Gasteiger charge is 2.63. The monoisotopic (exact) mass is 2030 g/mol. The highest BCUT2D eigenvalue weighted by Crippen LogP contribution is 2.42. The van der Waals surface area contributed by atoms with E-state index in [2.05, 4.69) is 31.9 Å². The first-order chi connectivity index (χ1) is 65.7. The Kier molecular flexibility index (Phi) is 41.1. The Hall–Kier alpha value is -5.14. The molecule has 802 valence electrons. The molecule has 34 N–H and O–H groups in total. The summed E-state index contributed by atoms with van der Waals surface area (Å²) in [5, 5.41) is 333. The van der Waals surface area contributed by atoms with Crippen molar-refractivity contribution in [2.24, 2.45) is 0 Å². The molecule has 11 aliphatic rings. The van der Waals surface area contributed by atoms with Crippen molar-refractivity contribution in [1.82, 2.24) is 31.9 Å². The SMILES string of the molecule is CC(=O)N[C@@H]1[C@H](O[C@@H]2[C@@H](O[C@@H]3[C@H](O)[C@H](O[C@H]4[C@H](O)[C@@H](NC(C)=O)[C@H](O[C@H]5[C@H](O)[C@@H](NC(C)=O)[C@H](O)O[C@@H]5CO)O[C@@H]4CO)O[C@H](CO[C@H]4O[C@H](CO[C@@H]5O[C@H](CO)[C@@H](O)[C@H](O)[C@H]5NC(C)=O)[C@@H](O)[C@H](O)[C@@H]4O[C@@H]4O[C@H](CO)[C@@H](O)[C@H](O)[C@H]4NC(C)=O)[C@H]3O)O[C@H](CO)[C@@H](O[C@@H]3O[C@H](CO)[C@@H](O[C@@H]4O[C@H](CO)[C@H](O)[C@H](O)[C@H]4O[C@@H]4O[C@@H](C)[C@@H](O)[C@@H](O)[C@@H]4O)[C@H](O)[C@H]3NC(C)=O)[C@@H]2O)O[C@H](CO)[C@@H](O)[C@@H]1O. The van der Waals surface area contributed by atoms with Crippen LogP contribution in [-0.2, 0) is 128 Å². The summed E-state index contributed by atoms with van der Waals surface area (Å²) in [4.78, 5) is 77.3. The van der Waals surface area contributed by atoms with Crippen LogP contribution in [0.4, 0.5) is 0 Å². The van der Waals surface area contributed by atoms with E-state index in [4.69, 9.17) is 99.5 Å². The van der Waals surface area contributed by atoms with Crippen molar-refractivity contribution in [3.8, 4) is 0 Å². The number of aliphatic hydroxyl groups excluding tert-OH is 28. The fraction of sp³-hybridized carbons (Fsp3) is 0.923. The molecule has 0 aromatic carbocycles. The zero-order valence-electron chi connectivity index (χ0n) is 75.4. The molecule has 0 aliphatic carbocycles. The van der Waals surface area contributed by atoms with Crippen LogP contribution in [0.3, 0.4) is 0 Å². The third-order valence-electron chi connectivity index (χ3n) is 25.3. The van der Waals surface area contributed by atoms with Crippen LogP contribution in [0.1, 0.15) is 48.5 Å². The first-order valence-electron chi connectivity index (χ1n) is 44.5. The molecule has 0 aromatic rings. The number of carbonyl (C=O) groups is 6. The highest BCUT2D eigenvalue weighted by atomic mass is 16.8. The second-order valence-corrected chi connectivity index (χ2v) is 35.3. The Morgan fingerprint density at radius 3 is 0.849 bits per heavy atom. The predicted molar refractivity (Wildman–Crippen MR) is 430 cm³/mol. The van der Waals surface area contributed by atoms with Crippen LogP contribution in [0.25, 0.3) is 0 Å². The summed E-state index contributed by atoms with van der Waals surface area (Å²) >= 11 is 0. The first kappa shape index (κ1) is 114. The second kappa shape index (κ2) is 50.0. The van der Waals surface area contributed by atoms with Crippen molar-refractivity contribution < 1.29 is 271 Å². The van der Waals surface area contributed by atoms with E-state index in [1.165, 1.54) is 6.92 Å². The Bertz CT molecular complexity index is 3900. The Labute approximate surface area is 788 Å². The summed E-state index contributed by atoms with van der Waals surface area (Å²) < 4.78 is 127. The van der Waals surface area contributed by atoms with Gasteiger partial charge in [-0.15, -0.1) is 0 Å². The molecule has 11 aliphatic heterocycles. The van der Waals surface area contributed by atoms with Gasteiger partial charge in [0.25, 0.3) is 0 Å². The van der Waals surface area contributed by atoms with Gasteiger partial charge in [-0.25, -0.2) is 0 Å². The molecule has 0 radical (unpaired) electrons. The molecule has 0 saturated carbocycles. The third kappa shape index (κ3) is 25.8. The Morgan fingerprint density at radius 1 is 0.201 bits per heavy atom. The first-order valence-corrected chi connectivity index (χ1v) is 44.5. The van der Waals surface area contributed by atoms with Crippen LogP contribution in [0, 0.1) is 0 Å². The summed E-state index contributed by atoms with van der Waals surface area (Å²) in [6.07, 6.45) is -105. The van der Waals surface area contributed by atoms with Gasteiger partial charge in [-0.05, 0) is 6.92 Å². The van der Waals surface area contributed by atoms with Gasteiger partial charge in [-0.3, -0.25) is 28.8 Å². The molecule has 11 saturated heterocycles. The van der Waals surface area contributed by atoms with Gasteiger partial charge < -0.3 is 274 Å². The van der Waals surface area contributed by atoms with Crippen LogP contribution in [0.15, 0.2) is 0 Å². The van der Waals surface area contributed by atoms with Gasteiger partial charge in [0.05, 0.1) is 72.2 Å². The van der Waals surface area contributed by atoms with Crippen LogP contribution in [0.5, 0.6) is 0 Å². The molecular formula is C78H130N6O55. The minimum absolute atomic E-state index is 0.828. The zero-order chi connectivity index (χ0) is 102. The number of aliphatic hydroxyl groups is 28. The van der Waals surface area contributed by atoms with Crippen molar-refractivity contribution in [1.29, 1.82) is 0 Å². The summed E-state index contributed by atoms with van der Waals surface area (Å²) in [5.74, 6) is -5.63. The average molecular weight is 2030 g/mol. The van der Waals surface area contributed by atoms with Crippen molar-refractivity contribution in [3.05, 3.63) is 0 Å². The maximum Gasteiger partial charge on any atom is 0.217 e.